The number of carbonyl (C=O) groups excluding carboxylic acids is 3. The number of carbonyl (C=O) groups is 3. The molecule has 0 spiro atoms. The van der Waals surface area contributed by atoms with Crippen LogP contribution >= 0.6 is 0 Å². The molecule has 2 aliphatic heterocycles. The van der Waals surface area contributed by atoms with Crippen molar-refractivity contribution in [1.82, 2.24) is 15.5 Å². The van der Waals surface area contributed by atoms with E-state index in [2.05, 4.69) is 29.4 Å². The minimum Gasteiger partial charge on any atom is -0.366 e. The van der Waals surface area contributed by atoms with Crippen molar-refractivity contribution >= 4 is 17.6 Å². The second-order valence-electron chi connectivity index (χ2n) is 10.2. The van der Waals surface area contributed by atoms with Crippen molar-refractivity contribution in [2.45, 2.75) is 56.7 Å². The summed E-state index contributed by atoms with van der Waals surface area (Å²) in [6.07, 6.45) is 2.27. The van der Waals surface area contributed by atoms with Gasteiger partial charge < -0.3 is 20.3 Å². The van der Waals surface area contributed by atoms with Gasteiger partial charge in [0.15, 0.2) is 5.78 Å². The first-order valence-electron chi connectivity index (χ1n) is 12.4. The van der Waals surface area contributed by atoms with E-state index >= 15 is 0 Å². The molecule has 2 saturated heterocycles. The van der Waals surface area contributed by atoms with Gasteiger partial charge in [-0.3, -0.25) is 14.4 Å². The molecule has 35 heavy (non-hydrogen) atoms. The molecule has 4 rings (SSSR count). The minimum absolute atomic E-state index is 0.00000285. The molecule has 2 aromatic rings. The Labute approximate surface area is 207 Å². The van der Waals surface area contributed by atoms with Crippen molar-refractivity contribution in [3.63, 3.8) is 0 Å². The van der Waals surface area contributed by atoms with Gasteiger partial charge in [-0.25, -0.2) is 0 Å². The van der Waals surface area contributed by atoms with Crippen molar-refractivity contribution in [3.8, 4) is 0 Å². The van der Waals surface area contributed by atoms with Crippen molar-refractivity contribution in [1.29, 1.82) is 0 Å². The lowest BCUT2D eigenvalue weighted by Gasteiger charge is -2.31. The maximum Gasteiger partial charge on any atom is 0.251 e. The summed E-state index contributed by atoms with van der Waals surface area (Å²) in [6, 6.07) is 17.2. The fourth-order valence-corrected chi connectivity index (χ4v) is 4.95. The minimum atomic E-state index is -0.821. The summed E-state index contributed by atoms with van der Waals surface area (Å²) in [7, 11) is 0. The molecule has 0 bridgehead atoms. The monoisotopic (exact) mass is 477 g/mol. The van der Waals surface area contributed by atoms with Crippen LogP contribution in [0.15, 0.2) is 60.7 Å². The summed E-state index contributed by atoms with van der Waals surface area (Å²) in [4.78, 5) is 41.4. The van der Waals surface area contributed by atoms with Crippen molar-refractivity contribution < 1.29 is 19.1 Å². The SMILES string of the molecule is CC(C)(C[C@H](NC(=O)c1ccccc1)C(=O)NC1C(=O)COC1CN1CCCC1)c1ccccc1. The zero-order valence-electron chi connectivity index (χ0n) is 20.5. The van der Waals surface area contributed by atoms with Crippen molar-refractivity contribution in [2.75, 3.05) is 26.2 Å². The number of ether oxygens (including phenoxy) is 1. The van der Waals surface area contributed by atoms with E-state index in [1.54, 1.807) is 24.3 Å². The third kappa shape index (κ3) is 6.35. The molecule has 3 atom stereocenters. The summed E-state index contributed by atoms with van der Waals surface area (Å²) in [5.41, 5.74) is 1.16. The average molecular weight is 478 g/mol. The molecule has 0 aromatic heterocycles. The number of Topliss-reactive ketones (excluding diaryl/α,β-unsaturated/α-hetero) is 1. The smallest absolute Gasteiger partial charge is 0.251 e. The van der Waals surface area contributed by atoms with E-state index < -0.39 is 17.5 Å². The molecule has 0 aliphatic carbocycles. The van der Waals surface area contributed by atoms with Crippen LogP contribution in [0.1, 0.15) is 49.0 Å². The summed E-state index contributed by atoms with van der Waals surface area (Å²) in [6.45, 7) is 6.69. The van der Waals surface area contributed by atoms with Gasteiger partial charge in [-0.2, -0.15) is 0 Å². The van der Waals surface area contributed by atoms with Crippen LogP contribution in [0.2, 0.25) is 0 Å². The Balaban J connectivity index is 1.51. The Bertz CT molecular complexity index is 1020. The summed E-state index contributed by atoms with van der Waals surface area (Å²) in [5, 5.41) is 5.85. The van der Waals surface area contributed by atoms with E-state index in [1.807, 2.05) is 36.4 Å². The van der Waals surface area contributed by atoms with E-state index in [1.165, 1.54) is 0 Å². The van der Waals surface area contributed by atoms with Gasteiger partial charge in [-0.1, -0.05) is 62.4 Å². The predicted octanol–water partition coefficient (Wildman–Crippen LogP) is 2.70. The Hall–Kier alpha value is -3.03. The fourth-order valence-electron chi connectivity index (χ4n) is 4.95. The molecule has 2 fully saturated rings. The van der Waals surface area contributed by atoms with Crippen LogP contribution in [-0.2, 0) is 19.7 Å². The van der Waals surface area contributed by atoms with E-state index in [0.29, 0.717) is 18.5 Å². The molecule has 2 amide bonds. The summed E-state index contributed by atoms with van der Waals surface area (Å²) in [5.74, 6) is -0.816. The van der Waals surface area contributed by atoms with Gasteiger partial charge in [0.05, 0.1) is 6.10 Å². The van der Waals surface area contributed by atoms with Crippen LogP contribution in [0.25, 0.3) is 0 Å². The summed E-state index contributed by atoms with van der Waals surface area (Å²) >= 11 is 0. The Morgan fingerprint density at radius 2 is 1.66 bits per heavy atom. The first kappa shape index (κ1) is 25.1. The third-order valence-corrected chi connectivity index (χ3v) is 7.02. The molecule has 0 saturated carbocycles. The number of hydrogen-bond donors (Lipinski definition) is 2. The van der Waals surface area contributed by atoms with Gasteiger partial charge in [0.25, 0.3) is 5.91 Å². The third-order valence-electron chi connectivity index (χ3n) is 7.02. The number of hydrogen-bond acceptors (Lipinski definition) is 5. The quantitative estimate of drug-likeness (QED) is 0.580. The van der Waals surface area contributed by atoms with Crippen molar-refractivity contribution in [3.05, 3.63) is 71.8 Å². The molecule has 0 radical (unpaired) electrons. The second kappa shape index (κ2) is 11.1. The van der Waals surface area contributed by atoms with E-state index in [4.69, 9.17) is 4.74 Å². The van der Waals surface area contributed by atoms with Crippen molar-refractivity contribution in [2.24, 2.45) is 0 Å². The fraction of sp³-hybridized carbons (Fsp3) is 0.464. The highest BCUT2D eigenvalue weighted by atomic mass is 16.5. The van der Waals surface area contributed by atoms with Gasteiger partial charge in [-0.15, -0.1) is 0 Å². The highest BCUT2D eigenvalue weighted by Crippen LogP contribution is 2.29. The van der Waals surface area contributed by atoms with Crippen LogP contribution in [-0.4, -0.2) is 66.9 Å². The van der Waals surface area contributed by atoms with Crippen LogP contribution < -0.4 is 10.6 Å². The number of likely N-dealkylation sites (tertiary alicyclic amines) is 1. The van der Waals surface area contributed by atoms with E-state index in [9.17, 15) is 14.4 Å². The predicted molar refractivity (Wildman–Crippen MR) is 134 cm³/mol. The maximum absolute atomic E-state index is 13.6. The highest BCUT2D eigenvalue weighted by Gasteiger charge is 2.40. The van der Waals surface area contributed by atoms with Crippen LogP contribution in [0, 0.1) is 0 Å². The molecule has 7 nitrogen and oxygen atoms in total. The molecular weight excluding hydrogens is 442 g/mol. The first-order chi connectivity index (χ1) is 16.8. The van der Waals surface area contributed by atoms with Crippen LogP contribution in [0.5, 0.6) is 0 Å². The largest absolute Gasteiger partial charge is 0.366 e. The van der Waals surface area contributed by atoms with Gasteiger partial charge in [0, 0.05) is 12.1 Å². The number of benzene rings is 2. The van der Waals surface area contributed by atoms with E-state index in [-0.39, 0.29) is 30.3 Å². The first-order valence-corrected chi connectivity index (χ1v) is 12.4. The molecule has 186 valence electrons. The lowest BCUT2D eigenvalue weighted by Crippen LogP contribution is -2.56. The number of rotatable bonds is 9. The Morgan fingerprint density at radius 3 is 2.31 bits per heavy atom. The molecule has 2 heterocycles. The highest BCUT2D eigenvalue weighted by molar-refractivity contribution is 5.99. The van der Waals surface area contributed by atoms with Crippen LogP contribution in [0.3, 0.4) is 0 Å². The number of amides is 2. The lowest BCUT2D eigenvalue weighted by atomic mass is 9.78. The standard InChI is InChI=1S/C28H35N3O4/c1-28(2,21-13-7-4-8-14-21)17-22(29-26(33)20-11-5-3-6-12-20)27(34)30-25-23(32)19-35-24(25)18-31-15-9-10-16-31/h3-8,11-14,22,24-25H,9-10,15-19H2,1-2H3,(H,29,33)(H,30,34)/t22-,24?,25?/m0/s1. The van der Waals surface area contributed by atoms with Gasteiger partial charge in [0.1, 0.15) is 18.7 Å². The molecule has 2 unspecified atom stereocenters. The Morgan fingerprint density at radius 1 is 1.03 bits per heavy atom. The molecule has 2 aromatic carbocycles. The number of nitrogens with zero attached hydrogens (tertiary/aromatic N) is 1. The zero-order valence-corrected chi connectivity index (χ0v) is 20.5. The van der Waals surface area contributed by atoms with E-state index in [0.717, 1.165) is 31.5 Å². The molecule has 7 heteroatoms. The lowest BCUT2D eigenvalue weighted by molar-refractivity contribution is -0.128. The van der Waals surface area contributed by atoms with Gasteiger partial charge >= 0.3 is 0 Å². The summed E-state index contributed by atoms with van der Waals surface area (Å²) < 4.78 is 5.75. The van der Waals surface area contributed by atoms with Gasteiger partial charge in [0.2, 0.25) is 5.91 Å². The topological polar surface area (TPSA) is 87.7 Å². The normalized spacial score (nSPS) is 21.6. The number of nitrogens with one attached hydrogen (secondary N) is 2. The molecular formula is C28H35N3O4. The Kier molecular flexibility index (Phi) is 7.98. The van der Waals surface area contributed by atoms with Crippen LogP contribution in [0.4, 0.5) is 0 Å². The molecule has 2 aliphatic rings. The second-order valence-corrected chi connectivity index (χ2v) is 10.2. The number of ketones is 1. The average Bonchev–Trinajstić information content (AvgIpc) is 3.50. The zero-order chi connectivity index (χ0) is 24.8. The maximum atomic E-state index is 13.6. The molecule has 2 N–H and O–H groups in total. The van der Waals surface area contributed by atoms with Gasteiger partial charge in [-0.05, 0) is 55.5 Å².